The molecule has 6 saturated heterocycles. The molecule has 38 heavy (non-hydrogen) atoms. The molecular formula is C30H57ClN6P+. The molecule has 218 valence electrons. The quantitative estimate of drug-likeness (QED) is 0.328. The largest absolute Gasteiger partial charge is 0.332 e. The summed E-state index contributed by atoms with van der Waals surface area (Å²) in [6.45, 7) is 15.3. The summed E-state index contributed by atoms with van der Waals surface area (Å²) in [5.74, 6) is 0. The van der Waals surface area contributed by atoms with Crippen molar-refractivity contribution in [1.29, 1.82) is 0 Å². The van der Waals surface area contributed by atoms with Crippen molar-refractivity contribution in [1.82, 2.24) is 28.7 Å². The first-order valence-electron chi connectivity index (χ1n) is 16.8. The van der Waals surface area contributed by atoms with E-state index < -0.39 is 7.07 Å². The summed E-state index contributed by atoms with van der Waals surface area (Å²) in [7, 11) is -2.09. The zero-order valence-electron chi connectivity index (χ0n) is 24.3. The summed E-state index contributed by atoms with van der Waals surface area (Å²) >= 11 is 8.43. The fraction of sp³-hybridized carbons (Fsp3) is 1.00. The molecule has 0 radical (unpaired) electrons. The van der Waals surface area contributed by atoms with Gasteiger partial charge in [0.15, 0.2) is 11.2 Å². The summed E-state index contributed by atoms with van der Waals surface area (Å²) in [6, 6.07) is 1.93. The van der Waals surface area contributed by atoms with Gasteiger partial charge in [-0.2, -0.15) is 0 Å². The summed E-state index contributed by atoms with van der Waals surface area (Å²) in [4.78, 5) is 8.37. The van der Waals surface area contributed by atoms with E-state index in [1.165, 1.54) is 175 Å². The average molecular weight is 568 g/mol. The molecule has 8 heteroatoms. The molecular weight excluding hydrogens is 511 g/mol. The summed E-state index contributed by atoms with van der Waals surface area (Å²) in [6.07, 6.45) is 20.7. The Morgan fingerprint density at radius 1 is 0.395 bits per heavy atom. The van der Waals surface area contributed by atoms with Crippen LogP contribution in [0.1, 0.15) is 96.3 Å². The number of likely N-dealkylation sites (tertiary alicyclic amines) is 3. The molecule has 0 spiro atoms. The van der Waals surface area contributed by atoms with Crippen LogP contribution in [0.2, 0.25) is 0 Å². The predicted octanol–water partition coefficient (Wildman–Crippen LogP) is 5.75. The van der Waals surface area contributed by atoms with Crippen LogP contribution in [0.3, 0.4) is 0 Å². The lowest BCUT2D eigenvalue weighted by molar-refractivity contribution is 0.158. The summed E-state index contributed by atoms with van der Waals surface area (Å²) < 4.78 is 8.85. The van der Waals surface area contributed by atoms with Gasteiger partial charge in [0.05, 0.1) is 18.1 Å². The Morgan fingerprint density at radius 3 is 0.974 bits per heavy atom. The molecule has 0 aromatic carbocycles. The number of rotatable bonds is 9. The smallest absolute Gasteiger partial charge is 0.302 e. The molecule has 6 fully saturated rings. The molecule has 6 heterocycles. The number of nitrogens with zero attached hydrogens (tertiary/aromatic N) is 6. The van der Waals surface area contributed by atoms with Crippen LogP contribution in [-0.2, 0) is 0 Å². The molecule has 0 aliphatic carbocycles. The summed E-state index contributed by atoms with van der Waals surface area (Å²) in [5.41, 5.74) is 0. The Hall–Kier alpha value is 0.480. The van der Waals surface area contributed by atoms with Crippen LogP contribution < -0.4 is 0 Å². The first-order chi connectivity index (χ1) is 18.7. The van der Waals surface area contributed by atoms with Crippen molar-refractivity contribution < 1.29 is 0 Å². The molecule has 6 nitrogen and oxygen atoms in total. The molecule has 0 amide bonds. The minimum atomic E-state index is -2.09. The molecule has 0 aromatic rings. The minimum absolute atomic E-state index is 0.645. The van der Waals surface area contributed by atoms with E-state index in [1.54, 1.807) is 0 Å². The van der Waals surface area contributed by atoms with Gasteiger partial charge in [-0.25, -0.2) is 0 Å². The van der Waals surface area contributed by atoms with Crippen LogP contribution in [-0.4, -0.2) is 125 Å². The fourth-order valence-corrected chi connectivity index (χ4v) is 14.5. The Bertz CT molecular complexity index is 632. The van der Waals surface area contributed by atoms with Crippen LogP contribution in [0.4, 0.5) is 0 Å². The van der Waals surface area contributed by atoms with E-state index in [4.69, 9.17) is 11.2 Å². The third-order valence-corrected chi connectivity index (χ3v) is 16.1. The molecule has 0 unspecified atom stereocenters. The Labute approximate surface area is 239 Å². The van der Waals surface area contributed by atoms with Crippen molar-refractivity contribution in [2.24, 2.45) is 0 Å². The van der Waals surface area contributed by atoms with E-state index >= 15 is 0 Å². The van der Waals surface area contributed by atoms with Crippen molar-refractivity contribution in [2.45, 2.75) is 114 Å². The van der Waals surface area contributed by atoms with E-state index in [0.717, 1.165) is 0 Å². The Balaban J connectivity index is 1.25. The molecule has 0 aromatic heterocycles. The third kappa shape index (κ3) is 6.43. The lowest BCUT2D eigenvalue weighted by Crippen LogP contribution is -2.53. The molecule has 6 aliphatic heterocycles. The first kappa shape index (κ1) is 28.6. The van der Waals surface area contributed by atoms with Gasteiger partial charge in [-0.15, -0.1) is 14.0 Å². The van der Waals surface area contributed by atoms with Gasteiger partial charge in [-0.05, 0) is 116 Å². The van der Waals surface area contributed by atoms with Crippen LogP contribution in [0, 0.1) is 0 Å². The van der Waals surface area contributed by atoms with Crippen LogP contribution in [0.25, 0.3) is 0 Å². The molecule has 3 atom stereocenters. The molecule has 0 N–H and O–H groups in total. The van der Waals surface area contributed by atoms with Crippen LogP contribution in [0.5, 0.6) is 0 Å². The van der Waals surface area contributed by atoms with Gasteiger partial charge in [0.2, 0.25) is 0 Å². The lowest BCUT2D eigenvalue weighted by atomic mass is 10.1. The maximum absolute atomic E-state index is 8.43. The number of hydrogen-bond acceptors (Lipinski definition) is 6. The fourth-order valence-electron chi connectivity index (χ4n) is 8.79. The van der Waals surface area contributed by atoms with E-state index in [1.807, 2.05) is 0 Å². The molecule has 6 aliphatic rings. The maximum atomic E-state index is 8.43. The minimum Gasteiger partial charge on any atom is -0.302 e. The standard InChI is InChI=1S/C30H57ClN6P/c31-38(35-22-10-13-28(35)25-32-16-4-1-5-17-32,36-23-11-14-29(36)26-33-18-6-2-7-19-33)37-24-12-15-30(37)27-34-20-8-3-9-21-34/h28-30H,1-27H2/q+1/t28-,29-,30-/m0/s1. The van der Waals surface area contributed by atoms with Crippen LogP contribution >= 0.6 is 18.3 Å². The second-order valence-electron chi connectivity index (χ2n) is 13.5. The number of hydrogen-bond donors (Lipinski definition) is 0. The van der Waals surface area contributed by atoms with Gasteiger partial charge in [0.25, 0.3) is 0 Å². The second kappa shape index (κ2) is 13.6. The van der Waals surface area contributed by atoms with Gasteiger partial charge >= 0.3 is 7.07 Å². The van der Waals surface area contributed by atoms with E-state index in [0.29, 0.717) is 18.1 Å². The monoisotopic (exact) mass is 567 g/mol. The predicted molar refractivity (Wildman–Crippen MR) is 163 cm³/mol. The second-order valence-corrected chi connectivity index (χ2v) is 17.3. The lowest BCUT2D eigenvalue weighted by Gasteiger charge is -2.46. The van der Waals surface area contributed by atoms with Crippen molar-refractivity contribution in [3.63, 3.8) is 0 Å². The van der Waals surface area contributed by atoms with Crippen molar-refractivity contribution >= 4 is 18.3 Å². The molecule has 0 bridgehead atoms. The van der Waals surface area contributed by atoms with Crippen molar-refractivity contribution in [2.75, 3.05) is 78.5 Å². The van der Waals surface area contributed by atoms with Crippen molar-refractivity contribution in [3.05, 3.63) is 0 Å². The maximum Gasteiger partial charge on any atom is 0.332 e. The highest BCUT2D eigenvalue weighted by molar-refractivity contribution is 7.93. The zero-order valence-corrected chi connectivity index (χ0v) is 26.0. The van der Waals surface area contributed by atoms with Gasteiger partial charge in [-0.3, -0.25) is 0 Å². The average Bonchev–Trinajstić information content (AvgIpc) is 3.72. The van der Waals surface area contributed by atoms with Gasteiger partial charge in [0.1, 0.15) is 0 Å². The highest BCUT2D eigenvalue weighted by atomic mass is 35.7. The Morgan fingerprint density at radius 2 is 0.684 bits per heavy atom. The van der Waals surface area contributed by atoms with Gasteiger partial charge < -0.3 is 14.7 Å². The first-order valence-corrected chi connectivity index (χ1v) is 19.3. The van der Waals surface area contributed by atoms with Gasteiger partial charge in [-0.1, -0.05) is 19.3 Å². The van der Waals surface area contributed by atoms with Crippen LogP contribution in [0.15, 0.2) is 0 Å². The van der Waals surface area contributed by atoms with E-state index in [9.17, 15) is 0 Å². The number of piperidine rings is 3. The van der Waals surface area contributed by atoms with Gasteiger partial charge in [0, 0.05) is 39.3 Å². The van der Waals surface area contributed by atoms with E-state index in [-0.39, 0.29) is 0 Å². The molecule has 6 rings (SSSR count). The SMILES string of the molecule is Cl[P+](N1CCC[C@H]1CN1CCCCC1)(N1CCC[C@H]1CN1CCCCC1)N1CCC[C@H]1CN1CCCCC1. The molecule has 0 saturated carbocycles. The Kier molecular flexibility index (Phi) is 10.3. The topological polar surface area (TPSA) is 19.4 Å². The third-order valence-electron chi connectivity index (χ3n) is 10.8. The normalized spacial score (nSPS) is 34.5. The zero-order chi connectivity index (χ0) is 25.8. The summed E-state index contributed by atoms with van der Waals surface area (Å²) in [5, 5.41) is 0. The van der Waals surface area contributed by atoms with E-state index in [2.05, 4.69) is 28.7 Å². The van der Waals surface area contributed by atoms with Crippen molar-refractivity contribution in [3.8, 4) is 0 Å². The number of halogens is 1. The highest BCUT2D eigenvalue weighted by Crippen LogP contribution is 2.76. The highest BCUT2D eigenvalue weighted by Gasteiger charge is 2.64.